The Balaban J connectivity index is 0.00000324. The predicted molar refractivity (Wildman–Crippen MR) is 138 cm³/mol. The van der Waals surface area contributed by atoms with E-state index in [-0.39, 0.29) is 12.4 Å². The zero-order valence-electron chi connectivity index (χ0n) is 20.3. The molecule has 1 aliphatic rings. The molecule has 0 saturated carbocycles. The van der Waals surface area contributed by atoms with Crippen LogP contribution in [0.1, 0.15) is 25.0 Å². The van der Waals surface area contributed by atoms with Crippen molar-refractivity contribution in [1.29, 1.82) is 0 Å². The summed E-state index contributed by atoms with van der Waals surface area (Å²) in [5.41, 5.74) is 4.51. The van der Waals surface area contributed by atoms with Crippen LogP contribution in [0.3, 0.4) is 0 Å². The second-order valence-electron chi connectivity index (χ2n) is 8.67. The number of hydrogen-bond acceptors (Lipinski definition) is 6. The van der Waals surface area contributed by atoms with Crippen molar-refractivity contribution in [2.45, 2.75) is 19.4 Å². The molecule has 4 rings (SSSR count). The van der Waals surface area contributed by atoms with Gasteiger partial charge in [0.25, 0.3) is 0 Å². The lowest BCUT2D eigenvalue weighted by molar-refractivity contribution is 0.0323. The Morgan fingerprint density at radius 1 is 1.06 bits per heavy atom. The quantitative estimate of drug-likeness (QED) is 0.290. The normalized spacial score (nSPS) is 13.3. The Morgan fingerprint density at radius 3 is 2.35 bits per heavy atom. The van der Waals surface area contributed by atoms with Gasteiger partial charge in [-0.2, -0.15) is 0 Å². The Bertz CT molecular complexity index is 1270. The van der Waals surface area contributed by atoms with Crippen LogP contribution in [0.5, 0.6) is 17.2 Å². The highest BCUT2D eigenvalue weighted by molar-refractivity contribution is 6.30. The molecule has 34 heavy (non-hydrogen) atoms. The molecule has 0 saturated heterocycles. The number of nitrogens with zero attached hydrogens (tertiary/aromatic N) is 2. The standard InChI is InChI=1S/C26H29N3O4.ClH/c1-8-26(2,3)33-28-25-18-15-22(31-7)21(30-6)14-17(18)24-23(25)19-13-16(9-10-20(19)27-24)32-12-11-29(4)5;/h1,9-10,13-15,27H,11-12H2,2-7H3;1H. The zero-order chi connectivity index (χ0) is 23.8. The minimum atomic E-state index is -0.848. The predicted octanol–water partition coefficient (Wildman–Crippen LogP) is 4.71. The lowest BCUT2D eigenvalue weighted by Gasteiger charge is -2.16. The molecule has 0 atom stereocenters. The van der Waals surface area contributed by atoms with Crippen molar-refractivity contribution in [1.82, 2.24) is 9.88 Å². The molecule has 0 bridgehead atoms. The van der Waals surface area contributed by atoms with Crippen molar-refractivity contribution in [3.05, 3.63) is 41.5 Å². The summed E-state index contributed by atoms with van der Waals surface area (Å²) in [4.78, 5) is 11.4. The van der Waals surface area contributed by atoms with E-state index in [1.807, 2.05) is 44.4 Å². The van der Waals surface area contributed by atoms with E-state index < -0.39 is 5.60 Å². The van der Waals surface area contributed by atoms with E-state index in [1.165, 1.54) is 0 Å². The van der Waals surface area contributed by atoms with Crippen LogP contribution in [0, 0.1) is 12.3 Å². The number of terminal acetylenes is 1. The number of hydrogen-bond donors (Lipinski definition) is 1. The number of likely N-dealkylation sites (N-methyl/N-ethyl adjacent to an activating group) is 1. The Hall–Kier alpha value is -3.34. The van der Waals surface area contributed by atoms with E-state index in [9.17, 15) is 0 Å². The van der Waals surface area contributed by atoms with Gasteiger partial charge in [0.2, 0.25) is 0 Å². The first-order valence-corrected chi connectivity index (χ1v) is 10.7. The van der Waals surface area contributed by atoms with Crippen molar-refractivity contribution in [3.63, 3.8) is 0 Å². The van der Waals surface area contributed by atoms with Gasteiger partial charge in [0.05, 0.1) is 19.9 Å². The van der Waals surface area contributed by atoms with Gasteiger partial charge in [0, 0.05) is 34.1 Å². The molecule has 1 aromatic heterocycles. The molecule has 0 fully saturated rings. The minimum absolute atomic E-state index is 0. The monoisotopic (exact) mass is 483 g/mol. The molecule has 8 heteroatoms. The minimum Gasteiger partial charge on any atom is -0.493 e. The van der Waals surface area contributed by atoms with Crippen LogP contribution in [0.2, 0.25) is 0 Å². The average Bonchev–Trinajstić information content (AvgIpc) is 3.30. The van der Waals surface area contributed by atoms with E-state index in [1.54, 1.807) is 28.1 Å². The van der Waals surface area contributed by atoms with Crippen molar-refractivity contribution >= 4 is 29.0 Å². The third kappa shape index (κ3) is 4.65. The number of halogens is 1. The Morgan fingerprint density at radius 2 is 1.74 bits per heavy atom. The summed E-state index contributed by atoms with van der Waals surface area (Å²) in [6.07, 6.45) is 5.62. The number of H-pyrrole nitrogens is 1. The van der Waals surface area contributed by atoms with E-state index in [4.69, 9.17) is 25.5 Å². The van der Waals surface area contributed by atoms with Crippen LogP contribution in [0.15, 0.2) is 35.5 Å². The summed E-state index contributed by atoms with van der Waals surface area (Å²) < 4.78 is 17.1. The van der Waals surface area contributed by atoms with Crippen LogP contribution in [0.4, 0.5) is 0 Å². The Kier molecular flexibility index (Phi) is 7.35. The number of methoxy groups -OCH3 is 2. The smallest absolute Gasteiger partial charge is 0.191 e. The number of aromatic nitrogens is 1. The molecule has 0 aliphatic heterocycles. The van der Waals surface area contributed by atoms with E-state index >= 15 is 0 Å². The van der Waals surface area contributed by atoms with Crippen molar-refractivity contribution in [3.8, 4) is 40.8 Å². The van der Waals surface area contributed by atoms with Gasteiger partial charge >= 0.3 is 0 Å². The maximum atomic E-state index is 5.98. The highest BCUT2D eigenvalue weighted by Gasteiger charge is 2.32. The first-order valence-electron chi connectivity index (χ1n) is 10.7. The number of oxime groups is 1. The zero-order valence-corrected chi connectivity index (χ0v) is 21.1. The summed E-state index contributed by atoms with van der Waals surface area (Å²) in [5, 5.41) is 5.52. The van der Waals surface area contributed by atoms with Gasteiger partial charge in [-0.05, 0) is 58.3 Å². The summed E-state index contributed by atoms with van der Waals surface area (Å²) in [6.45, 7) is 5.03. The molecule has 1 aliphatic carbocycles. The number of aromatic amines is 1. The van der Waals surface area contributed by atoms with E-state index in [0.29, 0.717) is 23.8 Å². The molecule has 0 amide bonds. The van der Waals surface area contributed by atoms with Crippen LogP contribution in [-0.2, 0) is 4.84 Å². The maximum absolute atomic E-state index is 5.98. The van der Waals surface area contributed by atoms with Gasteiger partial charge < -0.3 is 28.9 Å². The largest absolute Gasteiger partial charge is 0.493 e. The lowest BCUT2D eigenvalue weighted by atomic mass is 10.1. The molecular formula is C26H30ClN3O4. The average molecular weight is 484 g/mol. The second-order valence-corrected chi connectivity index (χ2v) is 8.67. The lowest BCUT2D eigenvalue weighted by Crippen LogP contribution is -2.19. The third-order valence-electron chi connectivity index (χ3n) is 5.57. The van der Waals surface area contributed by atoms with Gasteiger partial charge in [-0.3, -0.25) is 0 Å². The second kappa shape index (κ2) is 9.88. The van der Waals surface area contributed by atoms with E-state index in [2.05, 4.69) is 21.0 Å². The summed E-state index contributed by atoms with van der Waals surface area (Å²) >= 11 is 0. The highest BCUT2D eigenvalue weighted by atomic mass is 35.5. The number of ether oxygens (including phenoxy) is 3. The van der Waals surface area contributed by atoms with Crippen LogP contribution < -0.4 is 14.2 Å². The number of benzene rings is 2. The number of rotatable bonds is 8. The Labute approximate surface area is 206 Å². The maximum Gasteiger partial charge on any atom is 0.191 e. The van der Waals surface area contributed by atoms with Crippen molar-refractivity contribution in [2.75, 3.05) is 41.5 Å². The molecule has 7 nitrogen and oxygen atoms in total. The van der Waals surface area contributed by atoms with Crippen LogP contribution in [0.25, 0.3) is 22.2 Å². The first-order chi connectivity index (χ1) is 15.8. The fraction of sp³-hybridized carbons (Fsp3) is 0.346. The van der Waals surface area contributed by atoms with Gasteiger partial charge in [0.1, 0.15) is 18.1 Å². The topological polar surface area (TPSA) is 68.3 Å². The van der Waals surface area contributed by atoms with Gasteiger partial charge in [-0.1, -0.05) is 11.1 Å². The van der Waals surface area contributed by atoms with Gasteiger partial charge in [-0.15, -0.1) is 18.8 Å². The van der Waals surface area contributed by atoms with Crippen molar-refractivity contribution < 1.29 is 19.0 Å². The van der Waals surface area contributed by atoms with Gasteiger partial charge in [-0.25, -0.2) is 0 Å². The van der Waals surface area contributed by atoms with Crippen LogP contribution >= 0.6 is 12.4 Å². The molecule has 0 unspecified atom stereocenters. The summed E-state index contributed by atoms with van der Waals surface area (Å²) in [7, 11) is 7.27. The molecule has 0 radical (unpaired) electrons. The molecule has 180 valence electrons. The van der Waals surface area contributed by atoms with Crippen molar-refractivity contribution in [2.24, 2.45) is 5.16 Å². The summed E-state index contributed by atoms with van der Waals surface area (Å²) in [6, 6.07) is 9.88. The summed E-state index contributed by atoms with van der Waals surface area (Å²) in [5.74, 6) is 4.67. The molecule has 1 N–H and O–H groups in total. The van der Waals surface area contributed by atoms with Gasteiger partial charge in [0.15, 0.2) is 17.1 Å². The molecular weight excluding hydrogens is 454 g/mol. The third-order valence-corrected chi connectivity index (χ3v) is 5.57. The fourth-order valence-electron chi connectivity index (χ4n) is 3.75. The molecule has 2 aromatic carbocycles. The van der Waals surface area contributed by atoms with E-state index in [0.717, 1.165) is 45.6 Å². The van der Waals surface area contributed by atoms with Crippen LogP contribution in [-0.4, -0.2) is 62.7 Å². The molecule has 3 aromatic rings. The SMILES string of the molecule is C#CC(C)(C)ON=C1c2cc(OC)c(OC)cc2-c2[nH]c3ccc(OCCN(C)C)cc3c21.Cl. The molecule has 1 heterocycles. The molecule has 0 spiro atoms. The first kappa shape index (κ1) is 25.3. The number of fused-ring (bicyclic) bond motifs is 5. The fourth-order valence-corrected chi connectivity index (χ4v) is 3.75. The highest BCUT2D eigenvalue weighted by Crippen LogP contribution is 2.46. The number of nitrogens with one attached hydrogen (secondary N) is 1.